The van der Waals surface area contributed by atoms with Gasteiger partial charge < -0.3 is 14.5 Å². The van der Waals surface area contributed by atoms with Gasteiger partial charge in [0.25, 0.3) is 0 Å². The molecule has 2 aromatic carbocycles. The lowest BCUT2D eigenvalue weighted by Gasteiger charge is -2.07. The number of carbonyl (C=O) groups is 1. The van der Waals surface area contributed by atoms with Crippen LogP contribution in [-0.2, 0) is 0 Å². The van der Waals surface area contributed by atoms with Crippen molar-refractivity contribution < 1.29 is 13.9 Å². The summed E-state index contributed by atoms with van der Waals surface area (Å²) < 4.78 is 10.7. The van der Waals surface area contributed by atoms with E-state index in [1.54, 1.807) is 25.3 Å². The maximum absolute atomic E-state index is 12.4. The number of hydrogen-bond acceptors (Lipinski definition) is 7. The lowest BCUT2D eigenvalue weighted by Crippen LogP contribution is -2.04. The van der Waals surface area contributed by atoms with E-state index in [4.69, 9.17) is 9.15 Å². The normalized spacial score (nSPS) is 10.7. The number of para-hydroxylation sites is 3. The van der Waals surface area contributed by atoms with E-state index in [1.807, 2.05) is 36.4 Å². The molecule has 27 heavy (non-hydrogen) atoms. The molecular formula is C20H14N2O4S. The Hall–Kier alpha value is -3.45. The van der Waals surface area contributed by atoms with Crippen molar-refractivity contribution in [2.24, 2.45) is 0 Å². The van der Waals surface area contributed by atoms with E-state index in [0.717, 1.165) is 16.7 Å². The molecule has 4 aromatic rings. The second kappa shape index (κ2) is 7.05. The van der Waals surface area contributed by atoms with Gasteiger partial charge in [0.05, 0.1) is 23.2 Å². The zero-order valence-electron chi connectivity index (χ0n) is 14.3. The van der Waals surface area contributed by atoms with Crippen LogP contribution in [0.5, 0.6) is 5.75 Å². The smallest absolute Gasteiger partial charge is 0.345 e. The number of ether oxygens (including phenoxy) is 1. The zero-order chi connectivity index (χ0) is 18.8. The van der Waals surface area contributed by atoms with Gasteiger partial charge in [-0.15, -0.1) is 0 Å². The van der Waals surface area contributed by atoms with Crippen LogP contribution in [0.25, 0.3) is 22.2 Å². The Morgan fingerprint density at radius 2 is 1.93 bits per heavy atom. The van der Waals surface area contributed by atoms with Gasteiger partial charge in [0.2, 0.25) is 0 Å². The molecule has 134 valence electrons. The monoisotopic (exact) mass is 378 g/mol. The van der Waals surface area contributed by atoms with Gasteiger partial charge in [-0.3, -0.25) is 4.79 Å². The SMILES string of the molecule is COc1ccccc1Nc1nc(-c2cc3ccccc3oc2=O)c(C=O)s1. The Labute approximate surface area is 158 Å². The summed E-state index contributed by atoms with van der Waals surface area (Å²) >= 11 is 1.16. The minimum Gasteiger partial charge on any atom is -0.495 e. The van der Waals surface area contributed by atoms with Crippen LogP contribution in [0.2, 0.25) is 0 Å². The van der Waals surface area contributed by atoms with Crippen LogP contribution in [0.1, 0.15) is 9.67 Å². The quantitative estimate of drug-likeness (QED) is 0.407. The minimum absolute atomic E-state index is 0.250. The molecule has 0 amide bonds. The molecule has 0 saturated carbocycles. The summed E-state index contributed by atoms with van der Waals surface area (Å²) in [5, 5.41) is 4.37. The standard InChI is InChI=1S/C20H14N2O4S/c1-25-16-9-5-3-7-14(16)21-20-22-18(17(11-23)27-20)13-10-12-6-2-4-8-15(12)26-19(13)24/h2-11H,1H3,(H,21,22). The fraction of sp³-hybridized carbons (Fsp3) is 0.0500. The number of fused-ring (bicyclic) bond motifs is 1. The van der Waals surface area contributed by atoms with Gasteiger partial charge in [-0.25, -0.2) is 9.78 Å². The fourth-order valence-corrected chi connectivity index (χ4v) is 3.55. The molecule has 1 N–H and O–H groups in total. The van der Waals surface area contributed by atoms with Crippen LogP contribution in [0.3, 0.4) is 0 Å². The second-order valence-electron chi connectivity index (χ2n) is 5.66. The third-order valence-corrected chi connectivity index (χ3v) is 4.90. The number of aromatic nitrogens is 1. The lowest BCUT2D eigenvalue weighted by atomic mass is 10.1. The van der Waals surface area contributed by atoms with E-state index in [-0.39, 0.29) is 5.56 Å². The first kappa shape index (κ1) is 17.0. The topological polar surface area (TPSA) is 81.4 Å². The summed E-state index contributed by atoms with van der Waals surface area (Å²) in [5.41, 5.74) is 1.21. The van der Waals surface area contributed by atoms with Crippen LogP contribution >= 0.6 is 11.3 Å². The van der Waals surface area contributed by atoms with Gasteiger partial charge >= 0.3 is 5.63 Å². The molecule has 4 rings (SSSR count). The summed E-state index contributed by atoms with van der Waals surface area (Å²) in [6.45, 7) is 0. The number of methoxy groups -OCH3 is 1. The molecule has 7 heteroatoms. The largest absolute Gasteiger partial charge is 0.495 e. The molecule has 6 nitrogen and oxygen atoms in total. The van der Waals surface area contributed by atoms with E-state index in [0.29, 0.717) is 39.0 Å². The highest BCUT2D eigenvalue weighted by Gasteiger charge is 2.18. The van der Waals surface area contributed by atoms with Crippen molar-refractivity contribution in [1.82, 2.24) is 4.98 Å². The number of carbonyl (C=O) groups excluding carboxylic acids is 1. The molecule has 0 fully saturated rings. The van der Waals surface area contributed by atoms with Gasteiger partial charge in [0.1, 0.15) is 17.0 Å². The van der Waals surface area contributed by atoms with E-state index in [2.05, 4.69) is 10.3 Å². The molecule has 0 spiro atoms. The molecule has 2 aromatic heterocycles. The molecule has 0 unspecified atom stereocenters. The van der Waals surface area contributed by atoms with E-state index < -0.39 is 5.63 Å². The van der Waals surface area contributed by atoms with Crippen LogP contribution in [0.15, 0.2) is 63.8 Å². The van der Waals surface area contributed by atoms with Crippen molar-refractivity contribution in [3.63, 3.8) is 0 Å². The summed E-state index contributed by atoms with van der Waals surface area (Å²) in [4.78, 5) is 28.8. The number of aldehydes is 1. The maximum Gasteiger partial charge on any atom is 0.345 e. The first-order valence-electron chi connectivity index (χ1n) is 8.09. The van der Waals surface area contributed by atoms with Gasteiger partial charge in [-0.2, -0.15) is 0 Å². The number of rotatable bonds is 5. The first-order valence-corrected chi connectivity index (χ1v) is 8.90. The Morgan fingerprint density at radius 3 is 2.74 bits per heavy atom. The third kappa shape index (κ3) is 3.20. The summed E-state index contributed by atoms with van der Waals surface area (Å²) in [5.74, 6) is 0.645. The Morgan fingerprint density at radius 1 is 1.15 bits per heavy atom. The molecule has 2 heterocycles. The molecule has 0 radical (unpaired) electrons. The molecule has 0 aliphatic rings. The summed E-state index contributed by atoms with van der Waals surface area (Å²) in [7, 11) is 1.57. The Balaban J connectivity index is 1.79. The number of hydrogen-bond donors (Lipinski definition) is 1. The molecule has 0 aliphatic heterocycles. The van der Waals surface area contributed by atoms with Gasteiger partial charge in [-0.05, 0) is 24.3 Å². The molecular weight excluding hydrogens is 364 g/mol. The second-order valence-corrected chi connectivity index (χ2v) is 6.69. The minimum atomic E-state index is -0.536. The zero-order valence-corrected chi connectivity index (χ0v) is 15.1. The highest BCUT2D eigenvalue weighted by molar-refractivity contribution is 7.17. The molecule has 0 atom stereocenters. The van der Waals surface area contributed by atoms with Gasteiger partial charge in [0.15, 0.2) is 11.4 Å². The molecule has 0 saturated heterocycles. The predicted molar refractivity (Wildman–Crippen MR) is 105 cm³/mol. The van der Waals surface area contributed by atoms with Gasteiger partial charge in [0, 0.05) is 5.39 Å². The molecule has 0 bridgehead atoms. The van der Waals surface area contributed by atoms with Crippen molar-refractivity contribution in [1.29, 1.82) is 0 Å². The first-order chi connectivity index (χ1) is 13.2. The average molecular weight is 378 g/mol. The van der Waals surface area contributed by atoms with Crippen molar-refractivity contribution in [2.75, 3.05) is 12.4 Å². The highest BCUT2D eigenvalue weighted by atomic mass is 32.1. The number of anilines is 2. The molecule has 0 aliphatic carbocycles. The predicted octanol–water partition coefficient (Wildman–Crippen LogP) is 4.48. The Kier molecular flexibility index (Phi) is 4.43. The van der Waals surface area contributed by atoms with Crippen LogP contribution < -0.4 is 15.7 Å². The van der Waals surface area contributed by atoms with E-state index >= 15 is 0 Å². The van der Waals surface area contributed by atoms with Crippen LogP contribution in [-0.4, -0.2) is 18.4 Å². The number of thiazole rings is 1. The van der Waals surface area contributed by atoms with Crippen molar-refractivity contribution in [3.8, 4) is 17.0 Å². The average Bonchev–Trinajstić information content (AvgIpc) is 3.10. The number of nitrogens with one attached hydrogen (secondary N) is 1. The Bertz CT molecular complexity index is 1200. The van der Waals surface area contributed by atoms with E-state index in [9.17, 15) is 9.59 Å². The highest BCUT2D eigenvalue weighted by Crippen LogP contribution is 2.33. The number of benzene rings is 2. The third-order valence-electron chi connectivity index (χ3n) is 4.01. The summed E-state index contributed by atoms with van der Waals surface area (Å²) in [6, 6.07) is 16.3. The van der Waals surface area contributed by atoms with Crippen molar-refractivity contribution in [2.45, 2.75) is 0 Å². The maximum atomic E-state index is 12.4. The van der Waals surface area contributed by atoms with Crippen LogP contribution in [0.4, 0.5) is 10.8 Å². The van der Waals surface area contributed by atoms with E-state index in [1.165, 1.54) is 0 Å². The number of nitrogens with zero attached hydrogens (tertiary/aromatic N) is 1. The van der Waals surface area contributed by atoms with Gasteiger partial charge in [-0.1, -0.05) is 41.7 Å². The van der Waals surface area contributed by atoms with Crippen LogP contribution in [0, 0.1) is 0 Å². The summed E-state index contributed by atoms with van der Waals surface area (Å²) in [6.07, 6.45) is 0.690. The van der Waals surface area contributed by atoms with Crippen molar-refractivity contribution in [3.05, 3.63) is 69.9 Å². The van der Waals surface area contributed by atoms with Crippen molar-refractivity contribution >= 4 is 39.4 Å². The fourth-order valence-electron chi connectivity index (χ4n) is 2.75. The lowest BCUT2D eigenvalue weighted by molar-refractivity contribution is 0.112.